The van der Waals surface area contributed by atoms with E-state index in [9.17, 15) is 4.79 Å². The van der Waals surface area contributed by atoms with Crippen LogP contribution in [0.5, 0.6) is 0 Å². The van der Waals surface area contributed by atoms with E-state index in [2.05, 4.69) is 6.92 Å². The van der Waals surface area contributed by atoms with Gasteiger partial charge in [-0.2, -0.15) is 0 Å². The highest BCUT2D eigenvalue weighted by atomic mass is 16.6. The van der Waals surface area contributed by atoms with Gasteiger partial charge in [0.15, 0.2) is 0 Å². The van der Waals surface area contributed by atoms with E-state index in [0.29, 0.717) is 11.8 Å². The first-order valence-corrected chi connectivity index (χ1v) is 5.48. The van der Waals surface area contributed by atoms with Gasteiger partial charge >= 0.3 is 6.09 Å². The van der Waals surface area contributed by atoms with E-state index in [0.717, 1.165) is 13.1 Å². The van der Waals surface area contributed by atoms with Crippen molar-refractivity contribution in [3.63, 3.8) is 0 Å². The first-order chi connectivity index (χ1) is 6.72. The van der Waals surface area contributed by atoms with E-state index in [4.69, 9.17) is 10.5 Å². The Balaban J connectivity index is 1.87. The van der Waals surface area contributed by atoms with Crippen LogP contribution >= 0.6 is 0 Å². The average molecular weight is 212 g/mol. The van der Waals surface area contributed by atoms with Crippen LogP contribution in [0.2, 0.25) is 0 Å². The lowest BCUT2D eigenvalue weighted by Crippen LogP contribution is -2.41. The van der Waals surface area contributed by atoms with Gasteiger partial charge in [0.25, 0.3) is 0 Å². The summed E-state index contributed by atoms with van der Waals surface area (Å²) >= 11 is 0. The van der Waals surface area contributed by atoms with Crippen LogP contribution < -0.4 is 5.73 Å². The molecule has 0 aromatic carbocycles. The molecule has 1 heterocycles. The van der Waals surface area contributed by atoms with E-state index < -0.39 is 5.60 Å². The van der Waals surface area contributed by atoms with Gasteiger partial charge in [-0.25, -0.2) is 4.79 Å². The number of fused-ring (bicyclic) bond motifs is 1. The fourth-order valence-electron chi connectivity index (χ4n) is 2.40. The summed E-state index contributed by atoms with van der Waals surface area (Å²) in [6, 6.07) is 0. The second-order valence-electron chi connectivity index (χ2n) is 5.96. The Hall–Kier alpha value is -0.770. The van der Waals surface area contributed by atoms with Crippen LogP contribution in [0.1, 0.15) is 27.7 Å². The SMILES string of the molecule is CC(C)(C)OC(=O)N1C[C@@H]2[C@H](C1)C2(C)N. The number of hydrogen-bond donors (Lipinski definition) is 1. The van der Waals surface area contributed by atoms with Gasteiger partial charge in [0.05, 0.1) is 0 Å². The standard InChI is InChI=1S/C11H20N2O2/c1-10(2,3)15-9(14)13-5-7-8(6-13)11(7,4)12/h7-8H,5-6,12H2,1-4H3/t7-,8+,11?. The van der Waals surface area contributed by atoms with E-state index in [1.54, 1.807) is 4.90 Å². The molecule has 0 radical (unpaired) electrons. The molecule has 15 heavy (non-hydrogen) atoms. The Morgan fingerprint density at radius 1 is 1.40 bits per heavy atom. The Morgan fingerprint density at radius 2 is 1.87 bits per heavy atom. The van der Waals surface area contributed by atoms with Gasteiger partial charge in [0.2, 0.25) is 0 Å². The van der Waals surface area contributed by atoms with E-state index in [1.807, 2.05) is 20.8 Å². The number of carbonyl (C=O) groups excluding carboxylic acids is 1. The van der Waals surface area contributed by atoms with Crippen LogP contribution in [0, 0.1) is 11.8 Å². The molecule has 1 unspecified atom stereocenters. The molecule has 1 saturated carbocycles. The number of nitrogens with two attached hydrogens (primary N) is 1. The summed E-state index contributed by atoms with van der Waals surface area (Å²) in [7, 11) is 0. The van der Waals surface area contributed by atoms with Gasteiger partial charge in [0.1, 0.15) is 5.60 Å². The highest BCUT2D eigenvalue weighted by Gasteiger charge is 2.64. The summed E-state index contributed by atoms with van der Waals surface area (Å²) in [5.41, 5.74) is 5.58. The quantitative estimate of drug-likeness (QED) is 0.656. The molecule has 1 aliphatic carbocycles. The zero-order valence-corrected chi connectivity index (χ0v) is 9.91. The van der Waals surface area contributed by atoms with Gasteiger partial charge in [0, 0.05) is 30.5 Å². The first kappa shape index (κ1) is 10.7. The van der Waals surface area contributed by atoms with Crippen LogP contribution in [-0.2, 0) is 4.74 Å². The van der Waals surface area contributed by atoms with Crippen LogP contribution in [0.4, 0.5) is 4.79 Å². The van der Waals surface area contributed by atoms with Crippen molar-refractivity contribution in [2.75, 3.05) is 13.1 Å². The molecule has 1 saturated heterocycles. The topological polar surface area (TPSA) is 55.6 Å². The molecule has 4 heteroatoms. The van der Waals surface area contributed by atoms with Crippen molar-refractivity contribution in [1.82, 2.24) is 4.90 Å². The molecule has 0 aromatic heterocycles. The average Bonchev–Trinajstić information content (AvgIpc) is 2.47. The Kier molecular flexibility index (Phi) is 2.06. The molecular weight excluding hydrogens is 192 g/mol. The maximum atomic E-state index is 11.7. The summed E-state index contributed by atoms with van der Waals surface area (Å²) in [5, 5.41) is 0. The van der Waals surface area contributed by atoms with E-state index >= 15 is 0 Å². The maximum absolute atomic E-state index is 11.7. The van der Waals surface area contributed by atoms with Crippen molar-refractivity contribution in [3.8, 4) is 0 Å². The van der Waals surface area contributed by atoms with Crippen molar-refractivity contribution in [2.45, 2.75) is 38.8 Å². The lowest BCUT2D eigenvalue weighted by molar-refractivity contribution is 0.0264. The van der Waals surface area contributed by atoms with Gasteiger partial charge in [-0.05, 0) is 27.7 Å². The van der Waals surface area contributed by atoms with Gasteiger partial charge < -0.3 is 15.4 Å². The number of amides is 1. The molecule has 0 aromatic rings. The molecular formula is C11H20N2O2. The fourth-order valence-corrected chi connectivity index (χ4v) is 2.40. The highest BCUT2D eigenvalue weighted by Crippen LogP contribution is 2.53. The normalized spacial score (nSPS) is 38.9. The zero-order valence-electron chi connectivity index (χ0n) is 9.91. The molecule has 0 bridgehead atoms. The second-order valence-corrected chi connectivity index (χ2v) is 5.96. The Bertz CT molecular complexity index is 279. The van der Waals surface area contributed by atoms with Crippen molar-refractivity contribution >= 4 is 6.09 Å². The third-order valence-electron chi connectivity index (χ3n) is 3.46. The third-order valence-corrected chi connectivity index (χ3v) is 3.46. The number of ether oxygens (including phenoxy) is 1. The molecule has 2 aliphatic rings. The number of piperidine rings is 1. The first-order valence-electron chi connectivity index (χ1n) is 5.48. The van der Waals surface area contributed by atoms with Crippen molar-refractivity contribution in [1.29, 1.82) is 0 Å². The summed E-state index contributed by atoms with van der Waals surface area (Å²) in [6.45, 7) is 9.23. The number of carbonyl (C=O) groups is 1. The van der Waals surface area contributed by atoms with Crippen molar-refractivity contribution in [2.24, 2.45) is 17.6 Å². The van der Waals surface area contributed by atoms with Crippen LogP contribution in [0.3, 0.4) is 0 Å². The lowest BCUT2D eigenvalue weighted by Gasteiger charge is -2.26. The highest BCUT2D eigenvalue weighted by molar-refractivity contribution is 5.69. The Morgan fingerprint density at radius 3 is 2.27 bits per heavy atom. The number of likely N-dealkylation sites (tertiary alicyclic amines) is 1. The molecule has 3 atom stereocenters. The van der Waals surface area contributed by atoms with Crippen molar-refractivity contribution in [3.05, 3.63) is 0 Å². The van der Waals surface area contributed by atoms with Crippen LogP contribution in [0.15, 0.2) is 0 Å². The number of rotatable bonds is 0. The monoisotopic (exact) mass is 212 g/mol. The largest absolute Gasteiger partial charge is 0.444 e. The predicted octanol–water partition coefficient (Wildman–Crippen LogP) is 1.20. The minimum Gasteiger partial charge on any atom is -0.444 e. The smallest absolute Gasteiger partial charge is 0.410 e. The molecule has 1 aliphatic heterocycles. The number of hydrogen-bond acceptors (Lipinski definition) is 3. The summed E-state index contributed by atoms with van der Waals surface area (Å²) in [4.78, 5) is 13.5. The van der Waals surface area contributed by atoms with Crippen molar-refractivity contribution < 1.29 is 9.53 Å². The van der Waals surface area contributed by atoms with Crippen LogP contribution in [-0.4, -0.2) is 35.2 Å². The third kappa shape index (κ3) is 1.83. The molecule has 86 valence electrons. The molecule has 0 spiro atoms. The minimum atomic E-state index is -0.407. The maximum Gasteiger partial charge on any atom is 0.410 e. The summed E-state index contributed by atoms with van der Waals surface area (Å²) < 4.78 is 5.30. The molecule has 2 rings (SSSR count). The summed E-state index contributed by atoms with van der Waals surface area (Å²) in [6.07, 6.45) is -0.203. The zero-order chi connectivity index (χ0) is 11.4. The van der Waals surface area contributed by atoms with E-state index in [-0.39, 0.29) is 11.6 Å². The summed E-state index contributed by atoms with van der Waals surface area (Å²) in [5.74, 6) is 0.954. The molecule has 2 N–H and O–H groups in total. The van der Waals surface area contributed by atoms with Crippen LogP contribution in [0.25, 0.3) is 0 Å². The second kappa shape index (κ2) is 2.88. The molecule has 1 amide bonds. The molecule has 2 fully saturated rings. The minimum absolute atomic E-state index is 0.0431. The van der Waals surface area contributed by atoms with Gasteiger partial charge in [-0.1, -0.05) is 0 Å². The Labute approximate surface area is 90.8 Å². The predicted molar refractivity (Wildman–Crippen MR) is 57.4 cm³/mol. The number of nitrogens with zero attached hydrogens (tertiary/aromatic N) is 1. The lowest BCUT2D eigenvalue weighted by atomic mass is 10.2. The molecule has 4 nitrogen and oxygen atoms in total. The van der Waals surface area contributed by atoms with E-state index in [1.165, 1.54) is 0 Å². The van der Waals surface area contributed by atoms with Gasteiger partial charge in [-0.3, -0.25) is 0 Å². The van der Waals surface area contributed by atoms with Gasteiger partial charge in [-0.15, -0.1) is 0 Å². The fraction of sp³-hybridized carbons (Fsp3) is 0.909.